The van der Waals surface area contributed by atoms with E-state index in [1.54, 1.807) is 18.2 Å². The molecule has 2 rings (SSSR count). The lowest BCUT2D eigenvalue weighted by molar-refractivity contribution is -0.119. The van der Waals surface area contributed by atoms with Gasteiger partial charge in [0.15, 0.2) is 0 Å². The third-order valence-corrected chi connectivity index (χ3v) is 6.16. The van der Waals surface area contributed by atoms with Crippen LogP contribution in [0.25, 0.3) is 0 Å². The number of sulfonamides is 1. The molecular formula is C19H23Cl2N3O3S. The van der Waals surface area contributed by atoms with Gasteiger partial charge >= 0.3 is 0 Å². The van der Waals surface area contributed by atoms with Gasteiger partial charge in [0, 0.05) is 16.6 Å². The van der Waals surface area contributed by atoms with E-state index in [2.05, 4.69) is 5.32 Å². The zero-order chi connectivity index (χ0) is 20.7. The predicted molar refractivity (Wildman–Crippen MR) is 114 cm³/mol. The highest BCUT2D eigenvalue weighted by Crippen LogP contribution is 2.26. The van der Waals surface area contributed by atoms with Crippen LogP contribution in [-0.2, 0) is 14.8 Å². The van der Waals surface area contributed by atoms with Gasteiger partial charge in [0.25, 0.3) is 10.0 Å². The zero-order valence-electron chi connectivity index (χ0n) is 15.7. The molecule has 0 heterocycles. The molecule has 2 aromatic carbocycles. The van der Waals surface area contributed by atoms with E-state index in [0.29, 0.717) is 22.3 Å². The molecule has 6 nitrogen and oxygen atoms in total. The summed E-state index contributed by atoms with van der Waals surface area (Å²) < 4.78 is 27.4. The molecule has 0 aromatic heterocycles. The molecule has 0 fully saturated rings. The number of nitrogens with zero attached hydrogens (tertiary/aromatic N) is 2. The molecule has 152 valence electrons. The summed E-state index contributed by atoms with van der Waals surface area (Å²) in [5.41, 5.74) is 0.311. The topological polar surface area (TPSA) is 69.7 Å². The van der Waals surface area contributed by atoms with E-state index in [4.69, 9.17) is 23.2 Å². The Kier molecular flexibility index (Phi) is 8.12. The highest BCUT2D eigenvalue weighted by molar-refractivity contribution is 7.92. The number of rotatable bonds is 9. The van der Waals surface area contributed by atoms with Crippen molar-refractivity contribution in [1.82, 2.24) is 10.2 Å². The number of amides is 1. The molecule has 1 amide bonds. The van der Waals surface area contributed by atoms with Crippen molar-refractivity contribution in [2.45, 2.75) is 11.3 Å². The van der Waals surface area contributed by atoms with Crippen molar-refractivity contribution in [2.75, 3.05) is 38.0 Å². The van der Waals surface area contributed by atoms with Gasteiger partial charge in [-0.3, -0.25) is 9.10 Å². The van der Waals surface area contributed by atoms with Crippen molar-refractivity contribution in [1.29, 1.82) is 0 Å². The van der Waals surface area contributed by atoms with Crippen LogP contribution in [0.2, 0.25) is 10.0 Å². The van der Waals surface area contributed by atoms with E-state index < -0.39 is 15.9 Å². The van der Waals surface area contributed by atoms with Gasteiger partial charge in [-0.05, 0) is 69.5 Å². The summed E-state index contributed by atoms with van der Waals surface area (Å²) in [6.07, 6.45) is 0.764. The molecule has 28 heavy (non-hydrogen) atoms. The van der Waals surface area contributed by atoms with Crippen LogP contribution < -0.4 is 9.62 Å². The van der Waals surface area contributed by atoms with E-state index >= 15 is 0 Å². The molecular weight excluding hydrogens is 421 g/mol. The molecule has 0 bridgehead atoms. The standard InChI is InChI=1S/C19H23Cl2N3O3S/c1-23(2)12-4-11-22-19(25)14-24(17-6-3-5-16(21)13-17)28(26,27)18-9-7-15(20)8-10-18/h3,5-10,13H,4,11-12,14H2,1-2H3,(H,22,25). The smallest absolute Gasteiger partial charge is 0.264 e. The number of nitrogens with one attached hydrogen (secondary N) is 1. The molecule has 0 saturated heterocycles. The molecule has 0 aliphatic carbocycles. The van der Waals surface area contributed by atoms with Crippen LogP contribution in [0.15, 0.2) is 53.4 Å². The third kappa shape index (κ3) is 6.38. The van der Waals surface area contributed by atoms with Crippen LogP contribution in [0.4, 0.5) is 5.69 Å². The number of halogens is 2. The zero-order valence-corrected chi connectivity index (χ0v) is 18.1. The second-order valence-electron chi connectivity index (χ2n) is 6.45. The second-order valence-corrected chi connectivity index (χ2v) is 9.19. The molecule has 9 heteroatoms. The normalized spacial score (nSPS) is 11.5. The van der Waals surface area contributed by atoms with Crippen molar-refractivity contribution >= 4 is 44.8 Å². The van der Waals surface area contributed by atoms with E-state index in [0.717, 1.165) is 17.3 Å². The summed E-state index contributed by atoms with van der Waals surface area (Å²) in [7, 11) is -0.0881. The van der Waals surface area contributed by atoms with Gasteiger partial charge in [-0.25, -0.2) is 8.42 Å². The van der Waals surface area contributed by atoms with Crippen LogP contribution in [0.5, 0.6) is 0 Å². The van der Waals surface area contributed by atoms with Gasteiger partial charge in [-0.15, -0.1) is 0 Å². The fourth-order valence-corrected chi connectivity index (χ4v) is 4.21. The molecule has 0 saturated carbocycles. The third-order valence-electron chi connectivity index (χ3n) is 3.89. The average molecular weight is 444 g/mol. The summed E-state index contributed by atoms with van der Waals surface area (Å²) >= 11 is 11.9. The lowest BCUT2D eigenvalue weighted by atomic mass is 10.3. The van der Waals surface area contributed by atoms with E-state index in [-0.39, 0.29) is 11.4 Å². The van der Waals surface area contributed by atoms with Crippen LogP contribution in [0.1, 0.15) is 6.42 Å². The van der Waals surface area contributed by atoms with Gasteiger partial charge in [0.1, 0.15) is 6.54 Å². The van der Waals surface area contributed by atoms with E-state index in [1.807, 2.05) is 19.0 Å². The Morgan fingerprint density at radius 1 is 1.04 bits per heavy atom. The number of hydrogen-bond acceptors (Lipinski definition) is 4. The average Bonchev–Trinajstić information content (AvgIpc) is 2.63. The van der Waals surface area contributed by atoms with Gasteiger partial charge in [-0.1, -0.05) is 29.3 Å². The Labute approximate surface area is 176 Å². The molecule has 0 spiro atoms. The molecule has 2 aromatic rings. The highest BCUT2D eigenvalue weighted by Gasteiger charge is 2.27. The number of carbonyl (C=O) groups is 1. The Hall–Kier alpha value is -1.80. The molecule has 1 N–H and O–H groups in total. The lowest BCUT2D eigenvalue weighted by Crippen LogP contribution is -2.41. The first kappa shape index (κ1) is 22.5. The van der Waals surface area contributed by atoms with Gasteiger partial charge in [0.05, 0.1) is 10.6 Å². The quantitative estimate of drug-likeness (QED) is 0.603. The molecule has 0 unspecified atom stereocenters. The first-order valence-electron chi connectivity index (χ1n) is 8.65. The van der Waals surface area contributed by atoms with Crippen molar-refractivity contribution in [2.24, 2.45) is 0 Å². The first-order valence-corrected chi connectivity index (χ1v) is 10.8. The maximum Gasteiger partial charge on any atom is 0.264 e. The number of anilines is 1. The summed E-state index contributed by atoms with van der Waals surface area (Å²) in [5.74, 6) is -0.392. The maximum absolute atomic E-state index is 13.2. The molecule has 0 aliphatic heterocycles. The Balaban J connectivity index is 2.25. The van der Waals surface area contributed by atoms with Crippen LogP contribution in [0.3, 0.4) is 0 Å². The minimum absolute atomic E-state index is 0.0392. The lowest BCUT2D eigenvalue weighted by Gasteiger charge is -2.24. The van der Waals surface area contributed by atoms with Crippen molar-refractivity contribution in [3.8, 4) is 0 Å². The monoisotopic (exact) mass is 443 g/mol. The van der Waals surface area contributed by atoms with Crippen molar-refractivity contribution in [3.05, 3.63) is 58.6 Å². The number of hydrogen-bond donors (Lipinski definition) is 1. The fourth-order valence-electron chi connectivity index (χ4n) is 2.49. The highest BCUT2D eigenvalue weighted by atomic mass is 35.5. The van der Waals surface area contributed by atoms with Crippen LogP contribution in [0, 0.1) is 0 Å². The Morgan fingerprint density at radius 2 is 1.71 bits per heavy atom. The molecule has 0 radical (unpaired) electrons. The van der Waals surface area contributed by atoms with E-state index in [9.17, 15) is 13.2 Å². The van der Waals surface area contributed by atoms with Crippen LogP contribution >= 0.6 is 23.2 Å². The van der Waals surface area contributed by atoms with Gasteiger partial charge in [-0.2, -0.15) is 0 Å². The molecule has 0 aliphatic rings. The SMILES string of the molecule is CN(C)CCCNC(=O)CN(c1cccc(Cl)c1)S(=O)(=O)c1ccc(Cl)cc1. The maximum atomic E-state index is 13.2. The van der Waals surface area contributed by atoms with Gasteiger partial charge < -0.3 is 10.2 Å². The molecule has 0 atom stereocenters. The fraction of sp³-hybridized carbons (Fsp3) is 0.316. The summed E-state index contributed by atoms with van der Waals surface area (Å²) in [4.78, 5) is 14.5. The van der Waals surface area contributed by atoms with Crippen LogP contribution in [-0.4, -0.2) is 53.0 Å². The van der Waals surface area contributed by atoms with Crippen molar-refractivity contribution < 1.29 is 13.2 Å². The summed E-state index contributed by atoms with van der Waals surface area (Å²) in [5, 5.41) is 3.56. The number of carbonyl (C=O) groups excluding carboxylic acids is 1. The number of benzene rings is 2. The summed E-state index contributed by atoms with van der Waals surface area (Å²) in [6, 6.07) is 12.2. The van der Waals surface area contributed by atoms with Crippen molar-refractivity contribution in [3.63, 3.8) is 0 Å². The first-order chi connectivity index (χ1) is 13.2. The Bertz CT molecular complexity index is 903. The predicted octanol–water partition coefficient (Wildman–Crippen LogP) is 3.26. The summed E-state index contributed by atoms with van der Waals surface area (Å²) in [6.45, 7) is 0.927. The van der Waals surface area contributed by atoms with E-state index in [1.165, 1.54) is 30.3 Å². The minimum atomic E-state index is -3.98. The largest absolute Gasteiger partial charge is 0.354 e. The van der Waals surface area contributed by atoms with Gasteiger partial charge in [0.2, 0.25) is 5.91 Å². The second kappa shape index (κ2) is 10.1. The minimum Gasteiger partial charge on any atom is -0.354 e. The Morgan fingerprint density at radius 3 is 2.32 bits per heavy atom.